The SMILES string of the molecule is CSc1ccc(/C=C2\CCn3c2nc2ccc([N+](=O)[O-])cc2c3=O)cc1. The first-order valence-corrected chi connectivity index (χ1v) is 9.33. The maximum absolute atomic E-state index is 12.7. The Morgan fingerprint density at radius 3 is 2.69 bits per heavy atom. The Morgan fingerprint density at radius 1 is 1.23 bits per heavy atom. The molecule has 0 radical (unpaired) electrons. The van der Waals surface area contributed by atoms with Crippen LogP contribution < -0.4 is 5.56 Å². The van der Waals surface area contributed by atoms with Gasteiger partial charge < -0.3 is 0 Å². The summed E-state index contributed by atoms with van der Waals surface area (Å²) >= 11 is 1.69. The molecule has 0 bridgehead atoms. The number of nitrogens with zero attached hydrogens (tertiary/aromatic N) is 3. The van der Waals surface area contributed by atoms with Gasteiger partial charge in [-0.25, -0.2) is 4.98 Å². The number of hydrogen-bond donors (Lipinski definition) is 0. The van der Waals surface area contributed by atoms with Gasteiger partial charge in [0.25, 0.3) is 11.2 Å². The van der Waals surface area contributed by atoms with Crippen LogP contribution in [-0.4, -0.2) is 20.7 Å². The van der Waals surface area contributed by atoms with Crippen molar-refractivity contribution in [3.8, 4) is 0 Å². The van der Waals surface area contributed by atoms with Gasteiger partial charge in [0, 0.05) is 23.6 Å². The third-order valence-corrected chi connectivity index (χ3v) is 5.24. The Morgan fingerprint density at radius 2 is 2.00 bits per heavy atom. The molecular weight excluding hydrogens is 350 g/mol. The van der Waals surface area contributed by atoms with E-state index in [-0.39, 0.29) is 16.6 Å². The molecule has 0 N–H and O–H groups in total. The summed E-state index contributed by atoms with van der Waals surface area (Å²) in [6, 6.07) is 12.4. The molecule has 1 aliphatic rings. The van der Waals surface area contributed by atoms with Gasteiger partial charge in [-0.15, -0.1) is 11.8 Å². The second-order valence-electron chi connectivity index (χ2n) is 6.04. The van der Waals surface area contributed by atoms with Crippen LogP contribution in [0.25, 0.3) is 22.6 Å². The lowest BCUT2D eigenvalue weighted by atomic mass is 10.1. The van der Waals surface area contributed by atoms with E-state index in [2.05, 4.69) is 17.1 Å². The Balaban J connectivity index is 1.82. The van der Waals surface area contributed by atoms with Crippen molar-refractivity contribution in [2.24, 2.45) is 0 Å². The minimum absolute atomic E-state index is 0.0976. The highest BCUT2D eigenvalue weighted by atomic mass is 32.2. The van der Waals surface area contributed by atoms with E-state index in [0.29, 0.717) is 24.3 Å². The van der Waals surface area contributed by atoms with Gasteiger partial charge in [-0.05, 0) is 48.1 Å². The van der Waals surface area contributed by atoms with Crippen molar-refractivity contribution in [1.29, 1.82) is 0 Å². The molecule has 4 rings (SSSR count). The lowest BCUT2D eigenvalue weighted by Crippen LogP contribution is -2.20. The highest BCUT2D eigenvalue weighted by Crippen LogP contribution is 2.28. The van der Waals surface area contributed by atoms with E-state index in [9.17, 15) is 14.9 Å². The highest BCUT2D eigenvalue weighted by molar-refractivity contribution is 7.98. The maximum atomic E-state index is 12.7. The van der Waals surface area contributed by atoms with Gasteiger partial charge in [0.15, 0.2) is 0 Å². The van der Waals surface area contributed by atoms with Crippen LogP contribution in [0.15, 0.2) is 52.2 Å². The lowest BCUT2D eigenvalue weighted by molar-refractivity contribution is -0.384. The Labute approximate surface area is 153 Å². The zero-order valence-electron chi connectivity index (χ0n) is 14.0. The molecule has 0 aliphatic carbocycles. The predicted molar refractivity (Wildman–Crippen MR) is 103 cm³/mol. The summed E-state index contributed by atoms with van der Waals surface area (Å²) in [7, 11) is 0. The molecule has 2 aromatic carbocycles. The van der Waals surface area contributed by atoms with Crippen molar-refractivity contribution in [1.82, 2.24) is 9.55 Å². The Kier molecular flexibility index (Phi) is 4.08. The third-order valence-electron chi connectivity index (χ3n) is 4.50. The van der Waals surface area contributed by atoms with Crippen LogP contribution in [0.4, 0.5) is 5.69 Å². The molecule has 3 aromatic rings. The molecule has 130 valence electrons. The van der Waals surface area contributed by atoms with E-state index >= 15 is 0 Å². The average Bonchev–Trinajstić information content (AvgIpc) is 3.05. The molecule has 0 saturated carbocycles. The first-order chi connectivity index (χ1) is 12.6. The lowest BCUT2D eigenvalue weighted by Gasteiger charge is -2.05. The maximum Gasteiger partial charge on any atom is 0.270 e. The molecule has 0 spiro atoms. The van der Waals surface area contributed by atoms with Gasteiger partial charge in [-0.3, -0.25) is 19.5 Å². The third kappa shape index (κ3) is 2.80. The summed E-state index contributed by atoms with van der Waals surface area (Å²) < 4.78 is 1.61. The van der Waals surface area contributed by atoms with Crippen LogP contribution in [-0.2, 0) is 6.54 Å². The zero-order valence-corrected chi connectivity index (χ0v) is 14.8. The molecule has 7 heteroatoms. The van der Waals surface area contributed by atoms with Gasteiger partial charge in [-0.1, -0.05) is 12.1 Å². The summed E-state index contributed by atoms with van der Waals surface area (Å²) in [6.45, 7) is 0.536. The van der Waals surface area contributed by atoms with Crippen LogP contribution in [0.2, 0.25) is 0 Å². The van der Waals surface area contributed by atoms with Crippen molar-refractivity contribution < 1.29 is 4.92 Å². The molecular formula is C19H15N3O3S. The second-order valence-corrected chi connectivity index (χ2v) is 6.92. The van der Waals surface area contributed by atoms with Crippen molar-refractivity contribution in [3.63, 3.8) is 0 Å². The van der Waals surface area contributed by atoms with Gasteiger partial charge in [0.2, 0.25) is 0 Å². The Hall–Kier alpha value is -2.93. The number of hydrogen-bond acceptors (Lipinski definition) is 5. The highest BCUT2D eigenvalue weighted by Gasteiger charge is 2.22. The van der Waals surface area contributed by atoms with Gasteiger partial charge in [0.05, 0.1) is 15.8 Å². The predicted octanol–water partition coefficient (Wildman–Crippen LogP) is 3.97. The van der Waals surface area contributed by atoms with E-state index in [1.165, 1.54) is 17.0 Å². The molecule has 0 fully saturated rings. The fraction of sp³-hybridized carbons (Fsp3) is 0.158. The first kappa shape index (κ1) is 16.5. The summed E-state index contributed by atoms with van der Waals surface area (Å²) in [6.07, 6.45) is 4.80. The molecule has 0 atom stereocenters. The quantitative estimate of drug-likeness (QED) is 0.399. The molecule has 6 nitrogen and oxygen atoms in total. The van der Waals surface area contributed by atoms with E-state index < -0.39 is 4.92 Å². The van der Waals surface area contributed by atoms with Crippen molar-refractivity contribution in [3.05, 3.63) is 74.3 Å². The van der Waals surface area contributed by atoms with Crippen LogP contribution >= 0.6 is 11.8 Å². The topological polar surface area (TPSA) is 78.0 Å². The van der Waals surface area contributed by atoms with Crippen LogP contribution in [0.1, 0.15) is 17.8 Å². The molecule has 0 unspecified atom stereocenters. The van der Waals surface area contributed by atoms with Crippen LogP contribution in [0.3, 0.4) is 0 Å². The number of nitro benzene ring substituents is 1. The number of rotatable bonds is 3. The summed E-state index contributed by atoms with van der Waals surface area (Å²) in [5.74, 6) is 0.644. The van der Waals surface area contributed by atoms with Crippen LogP contribution in [0.5, 0.6) is 0 Å². The standard InChI is InChI=1S/C19H15N3O3S/c1-26-15-5-2-12(3-6-15)10-13-8-9-21-18(13)20-17-7-4-14(22(24)25)11-16(17)19(21)23/h2-7,10-11H,8-9H2,1H3/b13-10+. The average molecular weight is 365 g/mol. The molecule has 1 aliphatic heterocycles. The van der Waals surface area contributed by atoms with E-state index in [4.69, 9.17) is 0 Å². The van der Waals surface area contributed by atoms with E-state index in [1.807, 2.05) is 24.5 Å². The smallest absolute Gasteiger partial charge is 0.270 e. The fourth-order valence-electron chi connectivity index (χ4n) is 3.16. The molecule has 0 saturated heterocycles. The largest absolute Gasteiger partial charge is 0.292 e. The van der Waals surface area contributed by atoms with Crippen molar-refractivity contribution >= 4 is 40.0 Å². The van der Waals surface area contributed by atoms with Crippen molar-refractivity contribution in [2.45, 2.75) is 17.9 Å². The fourth-order valence-corrected chi connectivity index (χ4v) is 3.57. The molecule has 1 aromatic heterocycles. The number of non-ortho nitro benzene ring substituents is 1. The number of benzene rings is 2. The van der Waals surface area contributed by atoms with Gasteiger partial charge in [0.1, 0.15) is 5.82 Å². The first-order valence-electron chi connectivity index (χ1n) is 8.11. The second kappa shape index (κ2) is 6.42. The monoisotopic (exact) mass is 365 g/mol. The summed E-state index contributed by atoms with van der Waals surface area (Å²) in [5, 5.41) is 11.2. The summed E-state index contributed by atoms with van der Waals surface area (Å²) in [5.41, 5.74) is 2.22. The number of fused-ring (bicyclic) bond motifs is 2. The minimum Gasteiger partial charge on any atom is -0.292 e. The van der Waals surface area contributed by atoms with Crippen molar-refractivity contribution in [2.75, 3.05) is 6.26 Å². The van der Waals surface area contributed by atoms with E-state index in [1.54, 1.807) is 22.4 Å². The number of nitro groups is 1. The summed E-state index contributed by atoms with van der Waals surface area (Å²) in [4.78, 5) is 29.0. The number of allylic oxidation sites excluding steroid dienone is 1. The molecule has 0 amide bonds. The molecule has 26 heavy (non-hydrogen) atoms. The number of thioether (sulfide) groups is 1. The number of aromatic nitrogens is 2. The molecule has 2 heterocycles. The van der Waals surface area contributed by atoms with Crippen LogP contribution in [0, 0.1) is 10.1 Å². The van der Waals surface area contributed by atoms with Gasteiger partial charge >= 0.3 is 0 Å². The normalized spacial score (nSPS) is 14.7. The Bertz CT molecular complexity index is 1120. The van der Waals surface area contributed by atoms with E-state index in [0.717, 1.165) is 11.1 Å². The zero-order chi connectivity index (χ0) is 18.3. The minimum atomic E-state index is -0.500. The van der Waals surface area contributed by atoms with Gasteiger partial charge in [-0.2, -0.15) is 0 Å².